The third-order valence-electron chi connectivity index (χ3n) is 5.07. The Morgan fingerprint density at radius 2 is 1.90 bits per heavy atom. The van der Waals surface area contributed by atoms with E-state index in [1.807, 2.05) is 11.4 Å². The van der Waals surface area contributed by atoms with Gasteiger partial charge in [-0.05, 0) is 41.3 Å². The molecule has 4 rings (SSSR count). The lowest BCUT2D eigenvalue weighted by atomic mass is 9.93. The molecule has 1 aliphatic rings. The van der Waals surface area contributed by atoms with Crippen molar-refractivity contribution in [1.29, 1.82) is 0 Å². The molecule has 2 heterocycles. The molecule has 0 amide bonds. The number of nitrogens with zero attached hydrogens (tertiary/aromatic N) is 1. The molecule has 2 unspecified atom stereocenters. The summed E-state index contributed by atoms with van der Waals surface area (Å²) in [5, 5.41) is 13.5. The van der Waals surface area contributed by atoms with Crippen LogP contribution in [0.15, 0.2) is 60.0 Å². The van der Waals surface area contributed by atoms with Crippen LogP contribution in [0.5, 0.6) is 5.75 Å². The second kappa shape index (κ2) is 7.44. The summed E-state index contributed by atoms with van der Waals surface area (Å²) >= 11 is 1.45. The van der Waals surface area contributed by atoms with Gasteiger partial charge in [-0.1, -0.05) is 24.3 Å². The molecule has 0 fully saturated rings. The van der Waals surface area contributed by atoms with Crippen molar-refractivity contribution in [2.24, 2.45) is 0 Å². The zero-order valence-electron chi connectivity index (χ0n) is 15.2. The van der Waals surface area contributed by atoms with Gasteiger partial charge in [0.2, 0.25) is 0 Å². The normalized spacial score (nSPS) is 21.6. The molecule has 3 nitrogen and oxygen atoms in total. The zero-order chi connectivity index (χ0) is 20.6. The Morgan fingerprint density at radius 3 is 2.66 bits per heavy atom. The van der Waals surface area contributed by atoms with Gasteiger partial charge in [0.1, 0.15) is 24.7 Å². The van der Waals surface area contributed by atoms with E-state index >= 15 is 0 Å². The Hall–Kier alpha value is -2.42. The molecule has 1 aliphatic heterocycles. The highest BCUT2D eigenvalue weighted by Gasteiger charge is 2.45. The molecule has 0 bridgehead atoms. The largest absolute Gasteiger partial charge is 0.573 e. The van der Waals surface area contributed by atoms with E-state index < -0.39 is 22.9 Å². The van der Waals surface area contributed by atoms with Gasteiger partial charge in [0, 0.05) is 12.0 Å². The maximum atomic E-state index is 14.6. The maximum absolute atomic E-state index is 14.6. The molecular weight excluding hydrogens is 406 g/mol. The topological polar surface area (TPSA) is 29.5 Å². The Bertz CT molecular complexity index is 1020. The molecule has 8 heteroatoms. The van der Waals surface area contributed by atoms with Gasteiger partial charge < -0.3 is 4.74 Å². The van der Waals surface area contributed by atoms with Crippen LogP contribution in [0.1, 0.15) is 27.6 Å². The van der Waals surface area contributed by atoms with E-state index in [2.05, 4.69) is 4.74 Å². The number of ether oxygens (including phenoxy) is 1. The SMILES string of the molecule is O[N+]1(Cc2cccc(OC(F)(F)F)c2)CCc2ccsc2C1c1ccccc1F. The summed E-state index contributed by atoms with van der Waals surface area (Å²) < 4.78 is 55.8. The summed E-state index contributed by atoms with van der Waals surface area (Å²) in [6.07, 6.45) is -4.20. The van der Waals surface area contributed by atoms with E-state index in [0.717, 1.165) is 10.4 Å². The summed E-state index contributed by atoms with van der Waals surface area (Å²) in [5.41, 5.74) is 1.89. The van der Waals surface area contributed by atoms with E-state index in [4.69, 9.17) is 0 Å². The number of alkyl halides is 3. The van der Waals surface area contributed by atoms with Crippen LogP contribution in [0.25, 0.3) is 0 Å². The molecule has 29 heavy (non-hydrogen) atoms. The predicted molar refractivity (Wildman–Crippen MR) is 100 cm³/mol. The van der Waals surface area contributed by atoms with Crippen molar-refractivity contribution in [2.45, 2.75) is 25.4 Å². The van der Waals surface area contributed by atoms with E-state index in [0.29, 0.717) is 24.1 Å². The number of benzene rings is 2. The molecule has 152 valence electrons. The first-order valence-corrected chi connectivity index (χ1v) is 9.88. The third kappa shape index (κ3) is 4.14. The lowest BCUT2D eigenvalue weighted by molar-refractivity contribution is -1.13. The highest BCUT2D eigenvalue weighted by molar-refractivity contribution is 7.10. The van der Waals surface area contributed by atoms with Gasteiger partial charge >= 0.3 is 6.36 Å². The molecule has 0 saturated carbocycles. The van der Waals surface area contributed by atoms with Crippen LogP contribution in [-0.4, -0.2) is 22.8 Å². The van der Waals surface area contributed by atoms with Crippen molar-refractivity contribution in [3.63, 3.8) is 0 Å². The molecule has 2 atom stereocenters. The Morgan fingerprint density at radius 1 is 1.10 bits per heavy atom. The quantitative estimate of drug-likeness (QED) is 0.421. The molecule has 1 aromatic heterocycles. The molecule has 0 saturated heterocycles. The second-order valence-electron chi connectivity index (χ2n) is 7.05. The minimum Gasteiger partial charge on any atom is -0.406 e. The van der Waals surface area contributed by atoms with Crippen molar-refractivity contribution >= 4 is 11.3 Å². The molecule has 0 spiro atoms. The van der Waals surface area contributed by atoms with Crippen molar-refractivity contribution in [1.82, 2.24) is 0 Å². The molecule has 2 aromatic carbocycles. The highest BCUT2D eigenvalue weighted by atomic mass is 32.1. The fraction of sp³-hybridized carbons (Fsp3) is 0.238. The monoisotopic (exact) mass is 424 g/mol. The summed E-state index contributed by atoms with van der Waals surface area (Å²) in [5.74, 6) is -0.776. The number of quaternary nitrogens is 1. The number of hydrogen-bond donors (Lipinski definition) is 1. The van der Waals surface area contributed by atoms with Crippen LogP contribution >= 0.6 is 11.3 Å². The first-order valence-electron chi connectivity index (χ1n) is 9.00. The highest BCUT2D eigenvalue weighted by Crippen LogP contribution is 2.44. The van der Waals surface area contributed by atoms with E-state index in [1.165, 1.54) is 35.6 Å². The second-order valence-corrected chi connectivity index (χ2v) is 8.00. The zero-order valence-corrected chi connectivity index (χ0v) is 16.0. The lowest BCUT2D eigenvalue weighted by Crippen LogP contribution is -2.51. The molecule has 1 N–H and O–H groups in total. The van der Waals surface area contributed by atoms with Crippen LogP contribution in [0.2, 0.25) is 0 Å². The van der Waals surface area contributed by atoms with Gasteiger partial charge in [0.15, 0.2) is 6.04 Å². The smallest absolute Gasteiger partial charge is 0.406 e. The van der Waals surface area contributed by atoms with E-state index in [1.54, 1.807) is 24.3 Å². The summed E-state index contributed by atoms with van der Waals surface area (Å²) in [6.45, 7) is 0.332. The van der Waals surface area contributed by atoms with Crippen LogP contribution in [0.4, 0.5) is 17.6 Å². The standard InChI is InChI=1S/C21H18F4NO2S/c22-18-7-2-1-6-17(18)19-20-15(9-11-29-20)8-10-26(19,27)13-14-4-3-5-16(12-14)28-21(23,24)25/h1-7,9,11-12,19,27H,8,10,13H2/q+1. The summed E-state index contributed by atoms with van der Waals surface area (Å²) in [4.78, 5) is 0.867. The number of fused-ring (bicyclic) bond motifs is 1. The minimum absolute atomic E-state index is 0.0192. The number of halogens is 4. The summed E-state index contributed by atoms with van der Waals surface area (Å²) in [7, 11) is 0. The van der Waals surface area contributed by atoms with Crippen LogP contribution in [-0.2, 0) is 13.0 Å². The number of hydroxylamine groups is 3. The molecule has 0 radical (unpaired) electrons. The number of rotatable bonds is 4. The average Bonchev–Trinajstić information content (AvgIpc) is 3.10. The van der Waals surface area contributed by atoms with Gasteiger partial charge in [0.25, 0.3) is 0 Å². The van der Waals surface area contributed by atoms with Gasteiger partial charge in [-0.2, -0.15) is 4.65 Å². The first kappa shape index (κ1) is 19.9. The molecule has 0 aliphatic carbocycles. The fourth-order valence-corrected chi connectivity index (χ4v) is 5.03. The van der Waals surface area contributed by atoms with Crippen LogP contribution in [0, 0.1) is 5.82 Å². The summed E-state index contributed by atoms with van der Waals surface area (Å²) in [6, 6.07) is 13.1. The van der Waals surface area contributed by atoms with Gasteiger partial charge in [-0.3, -0.25) is 0 Å². The van der Waals surface area contributed by atoms with Crippen molar-refractivity contribution in [3.8, 4) is 5.75 Å². The van der Waals surface area contributed by atoms with Crippen molar-refractivity contribution < 1.29 is 32.2 Å². The Labute approximate surface area is 168 Å². The minimum atomic E-state index is -4.79. The average molecular weight is 424 g/mol. The third-order valence-corrected chi connectivity index (χ3v) is 6.08. The molecule has 3 aromatic rings. The van der Waals surface area contributed by atoms with Crippen LogP contribution < -0.4 is 4.74 Å². The number of thiophene rings is 1. The lowest BCUT2D eigenvalue weighted by Gasteiger charge is -2.40. The Kier molecular flexibility index (Phi) is 5.10. The molecular formula is C21H18F4NO2S+. The predicted octanol–water partition coefficient (Wildman–Crippen LogP) is 5.84. The van der Waals surface area contributed by atoms with Crippen molar-refractivity contribution in [3.05, 3.63) is 87.4 Å². The van der Waals surface area contributed by atoms with Gasteiger partial charge in [-0.25, -0.2) is 9.60 Å². The first-order chi connectivity index (χ1) is 13.8. The van der Waals surface area contributed by atoms with Crippen LogP contribution in [0.3, 0.4) is 0 Å². The maximum Gasteiger partial charge on any atom is 0.573 e. The van der Waals surface area contributed by atoms with E-state index in [9.17, 15) is 22.8 Å². The number of hydrogen-bond acceptors (Lipinski definition) is 3. The van der Waals surface area contributed by atoms with Gasteiger partial charge in [0.05, 0.1) is 10.4 Å². The Balaban J connectivity index is 1.72. The van der Waals surface area contributed by atoms with Gasteiger partial charge in [-0.15, -0.1) is 24.5 Å². The fourth-order valence-electron chi connectivity index (χ4n) is 3.88. The van der Waals surface area contributed by atoms with E-state index in [-0.39, 0.29) is 12.3 Å². The van der Waals surface area contributed by atoms with Crippen molar-refractivity contribution in [2.75, 3.05) is 6.54 Å².